The summed E-state index contributed by atoms with van der Waals surface area (Å²) in [6.07, 6.45) is 35.5. The lowest BCUT2D eigenvalue weighted by Crippen LogP contribution is -2.36. The number of carbonyl (C=O) groups is 1. The number of nitrogens with zero attached hydrogens (tertiary/aromatic N) is 1. The van der Waals surface area contributed by atoms with Gasteiger partial charge in [0.1, 0.15) is 0 Å². The van der Waals surface area contributed by atoms with Crippen LogP contribution in [-0.2, 0) is 9.53 Å². The average Bonchev–Trinajstić information content (AvgIpc) is 2.99. The molecule has 0 rings (SSSR count). The first-order valence-electron chi connectivity index (χ1n) is 18.8. The molecule has 1 atom stereocenters. The Morgan fingerprint density at radius 2 is 0.905 bits per heavy atom. The average molecular weight is 598 g/mol. The number of aliphatic hydroxyl groups is 2. The van der Waals surface area contributed by atoms with Crippen LogP contribution in [0.4, 0.5) is 0 Å². The first-order chi connectivity index (χ1) is 20.7. The Hall–Kier alpha value is -0.650. The molecule has 0 aliphatic rings. The van der Waals surface area contributed by atoms with E-state index in [0.29, 0.717) is 32.5 Å². The molecule has 0 spiro atoms. The van der Waals surface area contributed by atoms with Gasteiger partial charge in [-0.1, -0.05) is 174 Å². The van der Waals surface area contributed by atoms with Crippen molar-refractivity contribution in [1.29, 1.82) is 0 Å². The Labute approximate surface area is 263 Å². The van der Waals surface area contributed by atoms with E-state index in [-0.39, 0.29) is 12.5 Å². The van der Waals surface area contributed by atoms with E-state index in [1.807, 2.05) is 0 Å². The fourth-order valence-electron chi connectivity index (χ4n) is 5.80. The van der Waals surface area contributed by atoms with E-state index in [4.69, 9.17) is 4.74 Å². The molecule has 0 saturated heterocycles. The number of carbonyl (C=O) groups excluding carboxylic acids is 1. The van der Waals surface area contributed by atoms with Crippen LogP contribution >= 0.6 is 0 Å². The summed E-state index contributed by atoms with van der Waals surface area (Å²) in [7, 11) is 0. The third-order valence-electron chi connectivity index (χ3n) is 8.67. The maximum Gasteiger partial charge on any atom is 0.222 e. The van der Waals surface area contributed by atoms with Crippen molar-refractivity contribution in [2.45, 2.75) is 206 Å². The van der Waals surface area contributed by atoms with Gasteiger partial charge in [0.25, 0.3) is 0 Å². The fourth-order valence-corrected chi connectivity index (χ4v) is 5.80. The number of amides is 1. The van der Waals surface area contributed by atoms with Crippen LogP contribution in [0.15, 0.2) is 0 Å². The van der Waals surface area contributed by atoms with Crippen molar-refractivity contribution in [3.63, 3.8) is 0 Å². The monoisotopic (exact) mass is 598 g/mol. The largest absolute Gasteiger partial charge is 0.395 e. The van der Waals surface area contributed by atoms with E-state index in [1.54, 1.807) is 4.90 Å². The predicted molar refractivity (Wildman–Crippen MR) is 181 cm³/mol. The zero-order valence-electron chi connectivity index (χ0n) is 28.6. The third kappa shape index (κ3) is 30.8. The summed E-state index contributed by atoms with van der Waals surface area (Å²) in [5.74, 6) is 0.0892. The zero-order chi connectivity index (χ0) is 30.8. The van der Waals surface area contributed by atoms with Crippen LogP contribution in [0.5, 0.6) is 0 Å². The van der Waals surface area contributed by atoms with Crippen molar-refractivity contribution in [1.82, 2.24) is 4.90 Å². The number of aliphatic hydroxyl groups excluding tert-OH is 2. The van der Waals surface area contributed by atoms with Gasteiger partial charge in [-0.15, -0.1) is 0 Å². The molecule has 252 valence electrons. The zero-order valence-corrected chi connectivity index (χ0v) is 28.6. The molecule has 0 aromatic carbocycles. The molecule has 1 unspecified atom stereocenters. The SMILES string of the molecule is CCCCCCCCCCCCCCCCOC(O)CCN(CCO)C(=O)CCCCCCCCCCCCCCC. The van der Waals surface area contributed by atoms with Gasteiger partial charge in [0.2, 0.25) is 5.91 Å². The Morgan fingerprint density at radius 3 is 1.29 bits per heavy atom. The van der Waals surface area contributed by atoms with E-state index < -0.39 is 6.29 Å². The molecule has 0 heterocycles. The predicted octanol–water partition coefficient (Wildman–Crippen LogP) is 10.5. The summed E-state index contributed by atoms with van der Waals surface area (Å²) in [6.45, 7) is 5.86. The van der Waals surface area contributed by atoms with E-state index >= 15 is 0 Å². The summed E-state index contributed by atoms with van der Waals surface area (Å²) in [5, 5.41) is 19.6. The first-order valence-corrected chi connectivity index (χ1v) is 18.8. The van der Waals surface area contributed by atoms with Crippen molar-refractivity contribution in [3.05, 3.63) is 0 Å². The van der Waals surface area contributed by atoms with Crippen molar-refractivity contribution in [2.75, 3.05) is 26.3 Å². The molecular formula is C37H75NO4. The maximum atomic E-state index is 12.6. The smallest absolute Gasteiger partial charge is 0.222 e. The normalized spacial score (nSPS) is 12.2. The van der Waals surface area contributed by atoms with Crippen LogP contribution in [0.1, 0.15) is 200 Å². The molecule has 1 amide bonds. The minimum Gasteiger partial charge on any atom is -0.395 e. The van der Waals surface area contributed by atoms with Crippen LogP contribution in [0.25, 0.3) is 0 Å². The number of ether oxygens (including phenoxy) is 1. The highest BCUT2D eigenvalue weighted by molar-refractivity contribution is 5.76. The molecule has 0 bridgehead atoms. The molecule has 0 saturated carbocycles. The van der Waals surface area contributed by atoms with Crippen LogP contribution < -0.4 is 0 Å². The second-order valence-corrected chi connectivity index (χ2v) is 12.8. The molecule has 0 radical (unpaired) electrons. The molecular weight excluding hydrogens is 522 g/mol. The number of hydrogen-bond acceptors (Lipinski definition) is 4. The van der Waals surface area contributed by atoms with Gasteiger partial charge in [0.05, 0.1) is 6.61 Å². The topological polar surface area (TPSA) is 70.0 Å². The molecule has 0 aliphatic carbocycles. The van der Waals surface area contributed by atoms with Crippen LogP contribution in [0, 0.1) is 0 Å². The van der Waals surface area contributed by atoms with Gasteiger partial charge in [-0.25, -0.2) is 0 Å². The third-order valence-corrected chi connectivity index (χ3v) is 8.67. The highest BCUT2D eigenvalue weighted by Crippen LogP contribution is 2.15. The lowest BCUT2D eigenvalue weighted by atomic mass is 10.0. The highest BCUT2D eigenvalue weighted by atomic mass is 16.6. The van der Waals surface area contributed by atoms with Gasteiger partial charge >= 0.3 is 0 Å². The summed E-state index contributed by atoms with van der Waals surface area (Å²) in [5.41, 5.74) is 0. The number of hydrogen-bond donors (Lipinski definition) is 2. The van der Waals surface area contributed by atoms with Crippen LogP contribution in [-0.4, -0.2) is 53.6 Å². The molecule has 0 aliphatic heterocycles. The lowest BCUT2D eigenvalue weighted by molar-refractivity contribution is -0.135. The molecule has 0 aromatic rings. The van der Waals surface area contributed by atoms with Crippen LogP contribution in [0.2, 0.25) is 0 Å². The molecule has 5 nitrogen and oxygen atoms in total. The second-order valence-electron chi connectivity index (χ2n) is 12.8. The van der Waals surface area contributed by atoms with Crippen LogP contribution in [0.3, 0.4) is 0 Å². The molecule has 0 aromatic heterocycles. The fraction of sp³-hybridized carbons (Fsp3) is 0.973. The summed E-state index contributed by atoms with van der Waals surface area (Å²) >= 11 is 0. The van der Waals surface area contributed by atoms with Crippen molar-refractivity contribution in [3.8, 4) is 0 Å². The van der Waals surface area contributed by atoms with Gasteiger partial charge < -0.3 is 19.8 Å². The van der Waals surface area contributed by atoms with E-state index in [0.717, 1.165) is 25.7 Å². The Morgan fingerprint density at radius 1 is 0.548 bits per heavy atom. The highest BCUT2D eigenvalue weighted by Gasteiger charge is 2.15. The molecule has 2 N–H and O–H groups in total. The van der Waals surface area contributed by atoms with E-state index in [2.05, 4.69) is 13.8 Å². The van der Waals surface area contributed by atoms with Gasteiger partial charge in [0.15, 0.2) is 6.29 Å². The first kappa shape index (κ1) is 41.4. The minimum absolute atomic E-state index is 0.0413. The van der Waals surface area contributed by atoms with Crippen molar-refractivity contribution in [2.24, 2.45) is 0 Å². The molecule has 0 fully saturated rings. The standard InChI is InChI=1S/C37H75NO4/c1-3-5-7-9-11-13-15-17-19-21-23-25-27-29-35-42-37(41)31-32-38(33-34-39)36(40)30-28-26-24-22-20-18-16-14-12-10-8-6-4-2/h37,39,41H,3-35H2,1-2H3. The second kappa shape index (κ2) is 34.8. The molecule has 5 heteroatoms. The van der Waals surface area contributed by atoms with Crippen molar-refractivity contribution >= 4 is 5.91 Å². The van der Waals surface area contributed by atoms with E-state index in [9.17, 15) is 15.0 Å². The summed E-state index contributed by atoms with van der Waals surface area (Å²) in [4.78, 5) is 14.3. The quantitative estimate of drug-likeness (QED) is 0.0563. The maximum absolute atomic E-state index is 12.6. The summed E-state index contributed by atoms with van der Waals surface area (Å²) in [6, 6.07) is 0. The van der Waals surface area contributed by atoms with Gasteiger partial charge in [-0.2, -0.15) is 0 Å². The van der Waals surface area contributed by atoms with Gasteiger partial charge in [0, 0.05) is 32.5 Å². The lowest BCUT2D eigenvalue weighted by Gasteiger charge is -2.23. The molecule has 42 heavy (non-hydrogen) atoms. The number of unbranched alkanes of at least 4 members (excludes halogenated alkanes) is 25. The van der Waals surface area contributed by atoms with Gasteiger partial charge in [-0.05, 0) is 12.8 Å². The Bertz CT molecular complexity index is 530. The number of rotatable bonds is 35. The van der Waals surface area contributed by atoms with E-state index in [1.165, 1.54) is 148 Å². The Kier molecular flexibility index (Phi) is 34.3. The Balaban J connectivity index is 3.61. The van der Waals surface area contributed by atoms with Crippen molar-refractivity contribution < 1.29 is 19.7 Å². The minimum atomic E-state index is -0.836. The summed E-state index contributed by atoms with van der Waals surface area (Å²) < 4.78 is 5.59. The van der Waals surface area contributed by atoms with Gasteiger partial charge in [-0.3, -0.25) is 4.79 Å².